The van der Waals surface area contributed by atoms with Gasteiger partial charge in [0, 0.05) is 6.08 Å². The number of nitrogens with zero attached hydrogens (tertiary/aromatic N) is 2. The van der Waals surface area contributed by atoms with Crippen LogP contribution in [0.1, 0.15) is 0 Å². The SMILES string of the molecule is C=C/C(=C(/C#N)C(=C)F)[N+](=O)[O-]. The Kier molecular flexibility index (Phi) is 3.37. The fourth-order valence-corrected chi connectivity index (χ4v) is 0.525. The monoisotopic (exact) mass is 168 g/mol. The van der Waals surface area contributed by atoms with Gasteiger partial charge in [-0.25, -0.2) is 4.39 Å². The van der Waals surface area contributed by atoms with E-state index < -0.39 is 22.0 Å². The first kappa shape index (κ1) is 10.0. The number of allylic oxidation sites excluding steroid dienone is 3. The molecule has 0 fully saturated rings. The Hall–Kier alpha value is -1.96. The second kappa shape index (κ2) is 4.03. The third-order valence-corrected chi connectivity index (χ3v) is 1.03. The highest BCUT2D eigenvalue weighted by Crippen LogP contribution is 2.14. The summed E-state index contributed by atoms with van der Waals surface area (Å²) >= 11 is 0. The summed E-state index contributed by atoms with van der Waals surface area (Å²) < 4.78 is 12.3. The van der Waals surface area contributed by atoms with E-state index in [0.29, 0.717) is 0 Å². The summed E-state index contributed by atoms with van der Waals surface area (Å²) in [5, 5.41) is 18.4. The molecular weight excluding hydrogens is 163 g/mol. The zero-order chi connectivity index (χ0) is 9.72. The standard InChI is InChI=1S/C7H5FN2O2/c1-3-7(10(11)12)6(4-9)5(2)8/h3H,1-2H2/b7-6+. The van der Waals surface area contributed by atoms with Gasteiger partial charge >= 0.3 is 0 Å². The zero-order valence-corrected chi connectivity index (χ0v) is 6.08. The predicted molar refractivity (Wildman–Crippen MR) is 40.1 cm³/mol. The van der Waals surface area contributed by atoms with Crippen molar-refractivity contribution in [3.63, 3.8) is 0 Å². The molecule has 0 N–H and O–H groups in total. The van der Waals surface area contributed by atoms with Crippen LogP contribution < -0.4 is 0 Å². The lowest BCUT2D eigenvalue weighted by molar-refractivity contribution is -0.419. The Labute approximate surface area is 68.1 Å². The van der Waals surface area contributed by atoms with E-state index >= 15 is 0 Å². The highest BCUT2D eigenvalue weighted by atomic mass is 19.1. The molecule has 0 saturated heterocycles. The van der Waals surface area contributed by atoms with Crippen LogP contribution in [0.4, 0.5) is 4.39 Å². The molecule has 62 valence electrons. The molecule has 0 saturated carbocycles. The van der Waals surface area contributed by atoms with Crippen molar-refractivity contribution in [3.05, 3.63) is 46.4 Å². The van der Waals surface area contributed by atoms with Crippen LogP contribution in [0, 0.1) is 21.4 Å². The molecule has 0 spiro atoms. The van der Waals surface area contributed by atoms with Gasteiger partial charge in [0.1, 0.15) is 11.9 Å². The molecule has 0 aromatic rings. The molecule has 4 nitrogen and oxygen atoms in total. The molecule has 0 radical (unpaired) electrons. The highest BCUT2D eigenvalue weighted by Gasteiger charge is 2.16. The van der Waals surface area contributed by atoms with Crippen molar-refractivity contribution in [2.24, 2.45) is 0 Å². The molecule has 0 bridgehead atoms. The Morgan fingerprint density at radius 1 is 1.75 bits per heavy atom. The lowest BCUT2D eigenvalue weighted by Gasteiger charge is -1.92. The number of nitriles is 1. The van der Waals surface area contributed by atoms with Crippen LogP contribution in [0.25, 0.3) is 0 Å². The van der Waals surface area contributed by atoms with E-state index in [9.17, 15) is 14.5 Å². The average molecular weight is 168 g/mol. The van der Waals surface area contributed by atoms with E-state index in [1.165, 1.54) is 6.07 Å². The van der Waals surface area contributed by atoms with Gasteiger partial charge in [-0.3, -0.25) is 10.1 Å². The van der Waals surface area contributed by atoms with E-state index in [1.54, 1.807) is 0 Å². The minimum Gasteiger partial charge on any atom is -0.258 e. The van der Waals surface area contributed by atoms with Crippen molar-refractivity contribution in [2.75, 3.05) is 0 Å². The normalized spacial score (nSPS) is 11.0. The molecular formula is C7H5FN2O2. The fourth-order valence-electron chi connectivity index (χ4n) is 0.525. The highest BCUT2D eigenvalue weighted by molar-refractivity contribution is 5.41. The summed E-state index contributed by atoms with van der Waals surface area (Å²) in [7, 11) is 0. The molecule has 12 heavy (non-hydrogen) atoms. The molecule has 0 aromatic heterocycles. The average Bonchev–Trinajstić information content (AvgIpc) is 1.98. The van der Waals surface area contributed by atoms with Gasteiger partial charge in [0.15, 0.2) is 5.57 Å². The first-order valence-corrected chi connectivity index (χ1v) is 2.80. The summed E-state index contributed by atoms with van der Waals surface area (Å²) in [5.74, 6) is -1.14. The maximum absolute atomic E-state index is 12.3. The van der Waals surface area contributed by atoms with Gasteiger partial charge < -0.3 is 0 Å². The minimum absolute atomic E-state index is 0.676. The fraction of sp³-hybridized carbons (Fsp3) is 0. The van der Waals surface area contributed by atoms with Gasteiger partial charge in [0.25, 0.3) is 5.70 Å². The molecule has 0 atom stereocenters. The molecule has 0 amide bonds. The molecule has 0 aliphatic rings. The van der Waals surface area contributed by atoms with Gasteiger partial charge in [-0.05, 0) is 0 Å². The quantitative estimate of drug-likeness (QED) is 0.279. The Bertz CT molecular complexity index is 312. The van der Waals surface area contributed by atoms with Crippen LogP contribution in [0.3, 0.4) is 0 Å². The van der Waals surface area contributed by atoms with Crippen molar-refractivity contribution < 1.29 is 9.31 Å². The smallest absolute Gasteiger partial charge is 0.258 e. The van der Waals surface area contributed by atoms with Gasteiger partial charge in [-0.15, -0.1) is 0 Å². The molecule has 0 aromatic carbocycles. The molecule has 0 unspecified atom stereocenters. The second-order valence-corrected chi connectivity index (χ2v) is 1.74. The van der Waals surface area contributed by atoms with Crippen LogP contribution in [0.15, 0.2) is 36.3 Å². The Morgan fingerprint density at radius 2 is 2.25 bits per heavy atom. The number of halogens is 1. The van der Waals surface area contributed by atoms with Crippen molar-refractivity contribution in [1.29, 1.82) is 5.26 Å². The lowest BCUT2D eigenvalue weighted by Crippen LogP contribution is -1.99. The van der Waals surface area contributed by atoms with Crippen molar-refractivity contribution in [3.8, 4) is 6.07 Å². The number of nitro groups is 1. The van der Waals surface area contributed by atoms with Gasteiger partial charge in [0.2, 0.25) is 0 Å². The minimum atomic E-state index is -1.14. The maximum Gasteiger partial charge on any atom is 0.289 e. The van der Waals surface area contributed by atoms with Gasteiger partial charge in [-0.1, -0.05) is 13.2 Å². The van der Waals surface area contributed by atoms with E-state index in [4.69, 9.17) is 5.26 Å². The van der Waals surface area contributed by atoms with Gasteiger partial charge in [-0.2, -0.15) is 5.26 Å². The number of rotatable bonds is 3. The third kappa shape index (κ3) is 2.02. The van der Waals surface area contributed by atoms with Gasteiger partial charge in [0.05, 0.1) is 4.92 Å². The summed E-state index contributed by atoms with van der Waals surface area (Å²) in [5.41, 5.74) is -1.38. The van der Waals surface area contributed by atoms with Crippen LogP contribution in [-0.4, -0.2) is 4.92 Å². The number of hydrogen-bond acceptors (Lipinski definition) is 3. The summed E-state index contributed by atoms with van der Waals surface area (Å²) in [4.78, 5) is 9.26. The number of hydrogen-bond donors (Lipinski definition) is 0. The van der Waals surface area contributed by atoms with E-state index in [1.807, 2.05) is 0 Å². The topological polar surface area (TPSA) is 66.9 Å². The Balaban J connectivity index is 5.35. The molecule has 0 heterocycles. The molecule has 5 heteroatoms. The molecule has 0 rings (SSSR count). The van der Waals surface area contributed by atoms with Crippen molar-refractivity contribution in [2.45, 2.75) is 0 Å². The molecule has 0 aliphatic heterocycles. The predicted octanol–water partition coefficient (Wildman–Crippen LogP) is 1.71. The lowest BCUT2D eigenvalue weighted by atomic mass is 10.2. The summed E-state index contributed by atoms with van der Waals surface area (Å²) in [6.07, 6.45) is 0.795. The van der Waals surface area contributed by atoms with Crippen LogP contribution in [-0.2, 0) is 0 Å². The first-order valence-electron chi connectivity index (χ1n) is 2.80. The maximum atomic E-state index is 12.3. The summed E-state index contributed by atoms with van der Waals surface area (Å²) in [6, 6.07) is 1.33. The van der Waals surface area contributed by atoms with E-state index in [0.717, 1.165) is 6.08 Å². The van der Waals surface area contributed by atoms with Crippen molar-refractivity contribution in [1.82, 2.24) is 0 Å². The van der Waals surface area contributed by atoms with Crippen LogP contribution >= 0.6 is 0 Å². The second-order valence-electron chi connectivity index (χ2n) is 1.74. The van der Waals surface area contributed by atoms with Crippen LogP contribution in [0.2, 0.25) is 0 Å². The third-order valence-electron chi connectivity index (χ3n) is 1.03. The van der Waals surface area contributed by atoms with Crippen LogP contribution in [0.5, 0.6) is 0 Å². The van der Waals surface area contributed by atoms with Crippen molar-refractivity contribution >= 4 is 0 Å². The largest absolute Gasteiger partial charge is 0.289 e. The Morgan fingerprint density at radius 3 is 2.33 bits per heavy atom. The zero-order valence-electron chi connectivity index (χ0n) is 6.08. The first-order chi connectivity index (χ1) is 5.54. The van der Waals surface area contributed by atoms with E-state index in [2.05, 4.69) is 13.2 Å². The molecule has 0 aliphatic carbocycles. The van der Waals surface area contributed by atoms with E-state index in [-0.39, 0.29) is 0 Å². The summed E-state index contributed by atoms with van der Waals surface area (Å²) in [6.45, 7) is 5.85.